The van der Waals surface area contributed by atoms with Crippen LogP contribution in [0, 0.1) is 12.3 Å². The highest BCUT2D eigenvalue weighted by atomic mass is 32.1. The highest BCUT2D eigenvalue weighted by Gasteiger charge is 2.53. The van der Waals surface area contributed by atoms with Crippen molar-refractivity contribution in [2.75, 3.05) is 99.7 Å². The number of β-amino-alcohol motifs (C(OH)–C–C–N with tert-alkyl or cyclic N) is 1. The fourth-order valence-corrected chi connectivity index (χ4v) is 10.6. The van der Waals surface area contributed by atoms with E-state index >= 15 is 0 Å². The van der Waals surface area contributed by atoms with Crippen molar-refractivity contribution in [3.05, 3.63) is 87.7 Å². The van der Waals surface area contributed by atoms with E-state index in [0.717, 1.165) is 82.4 Å². The second-order valence-electron chi connectivity index (χ2n) is 21.0. The Morgan fingerprint density at radius 1 is 0.883 bits per heavy atom. The van der Waals surface area contributed by atoms with Crippen LogP contribution in [0.5, 0.6) is 17.2 Å². The van der Waals surface area contributed by atoms with Gasteiger partial charge in [0, 0.05) is 95.5 Å². The molecule has 3 aromatic heterocycles. The first kappa shape index (κ1) is 57.1. The van der Waals surface area contributed by atoms with E-state index in [2.05, 4.69) is 30.4 Å². The lowest BCUT2D eigenvalue weighted by Gasteiger charge is -2.35. The topological polar surface area (TPSA) is 208 Å². The molecule has 77 heavy (non-hydrogen) atoms. The maximum atomic E-state index is 14.7. The quantitative estimate of drug-likeness (QED) is 0.0664. The molecule has 5 heterocycles. The Morgan fingerprint density at radius 3 is 2.17 bits per heavy atom. The number of aryl methyl sites for hydroxylation is 2. The summed E-state index contributed by atoms with van der Waals surface area (Å²) in [5, 5.41) is 17.5. The second-order valence-corrected chi connectivity index (χ2v) is 21.8. The molecule has 416 valence electrons. The molecule has 19 nitrogen and oxygen atoms in total. The van der Waals surface area contributed by atoms with E-state index in [1.54, 1.807) is 64.5 Å². The Hall–Kier alpha value is -6.07. The molecule has 3 atom stereocenters. The van der Waals surface area contributed by atoms with Gasteiger partial charge in [0.1, 0.15) is 35.9 Å². The minimum absolute atomic E-state index is 0.0166. The van der Waals surface area contributed by atoms with Crippen molar-refractivity contribution < 1.29 is 52.3 Å². The van der Waals surface area contributed by atoms with Crippen LogP contribution >= 0.6 is 11.3 Å². The summed E-state index contributed by atoms with van der Waals surface area (Å²) in [5.41, 5.74) is 4.15. The first-order chi connectivity index (χ1) is 37.0. The van der Waals surface area contributed by atoms with Crippen LogP contribution in [0.3, 0.4) is 0 Å². The van der Waals surface area contributed by atoms with Gasteiger partial charge in [-0.2, -0.15) is 0 Å². The van der Waals surface area contributed by atoms with Crippen LogP contribution in [-0.2, 0) is 48.7 Å². The number of carbonyl (C=O) groups is 3. The van der Waals surface area contributed by atoms with E-state index in [1.807, 2.05) is 49.5 Å². The number of thiazole rings is 1. The summed E-state index contributed by atoms with van der Waals surface area (Å²) in [6, 6.07) is 9.51. The molecule has 0 radical (unpaired) electrons. The average Bonchev–Trinajstić information content (AvgIpc) is 3.83. The van der Waals surface area contributed by atoms with Gasteiger partial charge in [-0.15, -0.1) is 11.3 Å². The van der Waals surface area contributed by atoms with Crippen LogP contribution in [0.2, 0.25) is 0 Å². The maximum Gasteiger partial charge on any atom is 0.259 e. The van der Waals surface area contributed by atoms with E-state index in [9.17, 15) is 28.7 Å². The second kappa shape index (κ2) is 25.6. The molecule has 1 saturated carbocycles. The number of nitrogens with zero attached hydrogens (tertiary/aromatic N) is 6. The van der Waals surface area contributed by atoms with Gasteiger partial charge in [-0.05, 0) is 66.0 Å². The Morgan fingerprint density at radius 2 is 1.53 bits per heavy atom. The van der Waals surface area contributed by atoms with Crippen molar-refractivity contribution in [3.8, 4) is 38.8 Å². The monoisotopic (exact) mass is 1080 g/mol. The van der Waals surface area contributed by atoms with Gasteiger partial charge in [-0.25, -0.2) is 9.37 Å². The Bertz CT molecular complexity index is 2890. The average molecular weight is 1090 g/mol. The largest absolute Gasteiger partial charge is 0.496 e. The molecule has 3 amide bonds. The zero-order valence-electron chi connectivity index (χ0n) is 45.2. The number of rotatable bonds is 25. The standard InChI is InChI=1S/C56H73FN8O11S/c1-36-49(77-35-60-36)37-8-9-38(30-59-51(67)45-29-40(66)32-65(45)53(69)50(55(2,3)4)61-54(70)56(57)11-12-56)46(26-37)76-25-24-75-23-22-74-21-20-73-19-18-63-14-16-64(17-15-63)34-44-47(71-6)27-39(28-48(44)72-7)43-33-62(5)52(68)42-31-58-13-10-41(42)43/h8-10,13,26-28,31,33,35,40,45,50,66H,11-12,14-25,29-30,32,34H2,1-7H3,(H,59,67)(H,61,70)/t40-,45+,50-/m1/s1. The van der Waals surface area contributed by atoms with Gasteiger partial charge >= 0.3 is 0 Å². The van der Waals surface area contributed by atoms with E-state index in [4.69, 9.17) is 28.4 Å². The highest BCUT2D eigenvalue weighted by molar-refractivity contribution is 7.13. The van der Waals surface area contributed by atoms with Crippen molar-refractivity contribution in [1.82, 2.24) is 39.9 Å². The molecular formula is C56H73FN8O11S. The molecule has 2 aromatic carbocycles. The molecule has 3 aliphatic rings. The van der Waals surface area contributed by atoms with Gasteiger partial charge in [-0.1, -0.05) is 32.9 Å². The Kier molecular flexibility index (Phi) is 19.0. The molecule has 0 unspecified atom stereocenters. The number of ether oxygens (including phenoxy) is 6. The lowest BCUT2D eigenvalue weighted by Crippen LogP contribution is -2.59. The molecule has 2 aliphatic heterocycles. The number of hydrogen-bond donors (Lipinski definition) is 3. The third kappa shape index (κ3) is 14.2. The predicted molar refractivity (Wildman–Crippen MR) is 290 cm³/mol. The van der Waals surface area contributed by atoms with Gasteiger partial charge in [0.05, 0.1) is 87.0 Å². The SMILES string of the molecule is COc1cc(-c2cn(C)c(=O)c3cnccc23)cc(OC)c1CN1CCN(CCOCCOCCOCCOc2cc(-c3scnc3C)ccc2CNC(=O)[C@@H]2C[C@@H](O)CN2C(=O)[C@@H](NC(=O)C2(F)CC2)C(C)(C)C)CC1. The number of aromatic nitrogens is 3. The summed E-state index contributed by atoms with van der Waals surface area (Å²) in [7, 11) is 5.08. The molecule has 1 aliphatic carbocycles. The molecular weight excluding hydrogens is 1010 g/mol. The van der Waals surface area contributed by atoms with Crippen molar-refractivity contribution in [3.63, 3.8) is 0 Å². The van der Waals surface area contributed by atoms with Gasteiger partial charge in [0.25, 0.3) is 11.5 Å². The van der Waals surface area contributed by atoms with Crippen LogP contribution in [0.1, 0.15) is 56.9 Å². The van der Waals surface area contributed by atoms with Gasteiger partial charge in [0.15, 0.2) is 5.67 Å². The number of amides is 3. The number of benzene rings is 2. The number of pyridine rings is 2. The summed E-state index contributed by atoms with van der Waals surface area (Å²) >= 11 is 1.51. The summed E-state index contributed by atoms with van der Waals surface area (Å²) in [4.78, 5) is 68.9. The number of aliphatic hydroxyl groups is 1. The van der Waals surface area contributed by atoms with Crippen molar-refractivity contribution in [1.29, 1.82) is 0 Å². The van der Waals surface area contributed by atoms with Crippen LogP contribution in [0.25, 0.3) is 32.3 Å². The lowest BCUT2D eigenvalue weighted by atomic mass is 9.85. The number of fused-ring (bicyclic) bond motifs is 1. The number of piperazine rings is 1. The smallest absolute Gasteiger partial charge is 0.259 e. The highest BCUT2D eigenvalue weighted by Crippen LogP contribution is 2.41. The minimum Gasteiger partial charge on any atom is -0.496 e. The van der Waals surface area contributed by atoms with Gasteiger partial charge < -0.3 is 53.6 Å². The molecule has 21 heteroatoms. The van der Waals surface area contributed by atoms with Crippen LogP contribution in [0.15, 0.2) is 65.3 Å². The first-order valence-corrected chi connectivity index (χ1v) is 27.1. The van der Waals surface area contributed by atoms with E-state index in [0.29, 0.717) is 56.3 Å². The molecule has 3 fully saturated rings. The van der Waals surface area contributed by atoms with Gasteiger partial charge in [-0.3, -0.25) is 34.0 Å². The number of likely N-dealkylation sites (tertiary alicyclic amines) is 1. The van der Waals surface area contributed by atoms with Crippen molar-refractivity contribution in [2.45, 2.75) is 83.9 Å². The zero-order valence-corrected chi connectivity index (χ0v) is 46.0. The first-order valence-electron chi connectivity index (χ1n) is 26.3. The molecule has 8 rings (SSSR count). The van der Waals surface area contributed by atoms with E-state index in [-0.39, 0.29) is 51.1 Å². The number of nitrogens with one attached hydrogen (secondary N) is 2. The molecule has 0 bridgehead atoms. The van der Waals surface area contributed by atoms with E-state index < -0.39 is 47.0 Å². The zero-order chi connectivity index (χ0) is 54.9. The maximum absolute atomic E-state index is 14.7. The molecule has 0 spiro atoms. The number of halogens is 1. The number of hydrogen-bond acceptors (Lipinski definition) is 16. The van der Waals surface area contributed by atoms with E-state index in [1.165, 1.54) is 16.2 Å². The van der Waals surface area contributed by atoms with Crippen LogP contribution in [-0.4, -0.2) is 176 Å². The van der Waals surface area contributed by atoms with Crippen molar-refractivity contribution >= 4 is 39.8 Å². The van der Waals surface area contributed by atoms with Gasteiger partial charge in [0.2, 0.25) is 11.8 Å². The Balaban J connectivity index is 0.733. The Labute approximate surface area is 452 Å². The number of aliphatic hydroxyl groups excluding tert-OH is 1. The summed E-state index contributed by atoms with van der Waals surface area (Å²) in [6.45, 7) is 15.0. The fraction of sp³-hybridized carbons (Fsp3) is 0.536. The fourth-order valence-electron chi connectivity index (χ4n) is 9.75. The third-order valence-electron chi connectivity index (χ3n) is 14.4. The lowest BCUT2D eigenvalue weighted by molar-refractivity contribution is -0.145. The molecule has 2 saturated heterocycles. The third-order valence-corrected chi connectivity index (χ3v) is 15.4. The summed E-state index contributed by atoms with van der Waals surface area (Å²) in [5.74, 6) is 0.142. The molecule has 3 N–H and O–H groups in total. The number of alkyl halides is 1. The van der Waals surface area contributed by atoms with Crippen molar-refractivity contribution in [2.24, 2.45) is 12.5 Å². The number of carbonyl (C=O) groups excluding carboxylic acids is 3. The summed E-state index contributed by atoms with van der Waals surface area (Å²) < 4.78 is 51.8. The predicted octanol–water partition coefficient (Wildman–Crippen LogP) is 4.91. The van der Waals surface area contributed by atoms with Crippen LogP contribution in [0.4, 0.5) is 4.39 Å². The normalized spacial score (nSPS) is 18.1. The van der Waals surface area contributed by atoms with Crippen LogP contribution < -0.4 is 30.4 Å². The summed E-state index contributed by atoms with van der Waals surface area (Å²) in [6.07, 6.45) is 4.41. The minimum atomic E-state index is -1.98. The molecule has 5 aromatic rings. The number of methoxy groups -OCH3 is 2.